The Bertz CT molecular complexity index is 1150. The van der Waals surface area contributed by atoms with Crippen LogP contribution in [0.5, 0.6) is 5.75 Å². The van der Waals surface area contributed by atoms with Gasteiger partial charge < -0.3 is 10.1 Å². The number of hydrogen-bond acceptors (Lipinski definition) is 6. The molecule has 29 heavy (non-hydrogen) atoms. The molecule has 0 unspecified atom stereocenters. The summed E-state index contributed by atoms with van der Waals surface area (Å²) < 4.78 is 7.44. The first kappa shape index (κ1) is 19.1. The lowest BCUT2D eigenvalue weighted by atomic mass is 10.1. The van der Waals surface area contributed by atoms with Crippen LogP contribution in [-0.2, 0) is 6.42 Å². The highest BCUT2D eigenvalue weighted by Crippen LogP contribution is 2.27. The number of aromatic nitrogens is 4. The van der Waals surface area contributed by atoms with Crippen LogP contribution in [0.3, 0.4) is 0 Å². The number of benzene rings is 2. The zero-order valence-electron chi connectivity index (χ0n) is 16.4. The van der Waals surface area contributed by atoms with Gasteiger partial charge in [-0.2, -0.15) is 9.61 Å². The Labute approximate surface area is 172 Å². The molecular formula is C21H21N5O2S. The van der Waals surface area contributed by atoms with E-state index in [1.165, 1.54) is 11.3 Å². The van der Waals surface area contributed by atoms with Gasteiger partial charge in [0.15, 0.2) is 5.82 Å². The van der Waals surface area contributed by atoms with Gasteiger partial charge >= 0.3 is 0 Å². The molecule has 0 atom stereocenters. The largest absolute Gasteiger partial charge is 0.491 e. The monoisotopic (exact) mass is 407 g/mol. The van der Waals surface area contributed by atoms with Gasteiger partial charge in [0.05, 0.1) is 6.10 Å². The van der Waals surface area contributed by atoms with E-state index in [9.17, 15) is 4.79 Å². The predicted molar refractivity (Wildman–Crippen MR) is 114 cm³/mol. The van der Waals surface area contributed by atoms with Gasteiger partial charge in [0, 0.05) is 23.2 Å². The maximum Gasteiger partial charge on any atom is 0.255 e. The SMILES string of the molecule is CCc1nnc2sc(-c3ccc(NC(=O)c4cccc(OC(C)C)c4)cc3)nn12. The highest BCUT2D eigenvalue weighted by Gasteiger charge is 2.12. The van der Waals surface area contributed by atoms with Crippen LogP contribution in [0.25, 0.3) is 15.5 Å². The maximum absolute atomic E-state index is 12.6. The van der Waals surface area contributed by atoms with Gasteiger partial charge in [0.25, 0.3) is 5.91 Å². The van der Waals surface area contributed by atoms with Crippen molar-refractivity contribution in [3.8, 4) is 16.3 Å². The normalized spacial score (nSPS) is 11.2. The van der Waals surface area contributed by atoms with E-state index in [0.29, 0.717) is 17.0 Å². The third kappa shape index (κ3) is 4.12. The molecule has 7 nitrogen and oxygen atoms in total. The standard InChI is InChI=1S/C21H21N5O2S/c1-4-18-23-24-21-26(18)25-20(29-21)14-8-10-16(11-9-14)22-19(27)15-6-5-7-17(12-15)28-13(2)3/h5-13H,4H2,1-3H3,(H,22,27). The van der Waals surface area contributed by atoms with E-state index in [2.05, 4.69) is 20.6 Å². The number of ether oxygens (including phenoxy) is 1. The van der Waals surface area contributed by atoms with E-state index in [1.807, 2.05) is 57.2 Å². The van der Waals surface area contributed by atoms with Crippen molar-refractivity contribution in [3.05, 3.63) is 59.9 Å². The molecule has 4 aromatic rings. The van der Waals surface area contributed by atoms with E-state index < -0.39 is 0 Å². The number of rotatable bonds is 6. The fourth-order valence-electron chi connectivity index (χ4n) is 2.88. The smallest absolute Gasteiger partial charge is 0.255 e. The molecule has 2 aromatic carbocycles. The van der Waals surface area contributed by atoms with Crippen molar-refractivity contribution in [3.63, 3.8) is 0 Å². The van der Waals surface area contributed by atoms with Gasteiger partial charge in [-0.05, 0) is 56.3 Å². The predicted octanol–water partition coefficient (Wildman–Crippen LogP) is 4.45. The number of anilines is 1. The number of hydrogen-bond donors (Lipinski definition) is 1. The van der Waals surface area contributed by atoms with Crippen molar-refractivity contribution in [2.24, 2.45) is 0 Å². The Balaban J connectivity index is 1.49. The molecular weight excluding hydrogens is 386 g/mol. The number of nitrogens with zero attached hydrogens (tertiary/aromatic N) is 4. The number of nitrogens with one attached hydrogen (secondary N) is 1. The van der Waals surface area contributed by atoms with Crippen LogP contribution in [0.1, 0.15) is 37.0 Å². The van der Waals surface area contributed by atoms with Gasteiger partial charge in [-0.1, -0.05) is 24.3 Å². The Morgan fingerprint density at radius 3 is 2.69 bits per heavy atom. The average molecular weight is 407 g/mol. The number of amides is 1. The fourth-order valence-corrected chi connectivity index (χ4v) is 3.74. The molecule has 4 rings (SSSR count). The number of aryl methyl sites for hydroxylation is 1. The summed E-state index contributed by atoms with van der Waals surface area (Å²) in [4.78, 5) is 13.3. The maximum atomic E-state index is 12.6. The first-order valence-electron chi connectivity index (χ1n) is 9.43. The minimum Gasteiger partial charge on any atom is -0.491 e. The number of carbonyl (C=O) groups excluding carboxylic acids is 1. The summed E-state index contributed by atoms with van der Waals surface area (Å²) in [6.07, 6.45) is 0.831. The van der Waals surface area contributed by atoms with Crippen LogP contribution in [0.15, 0.2) is 48.5 Å². The summed E-state index contributed by atoms with van der Waals surface area (Å²) in [6.45, 7) is 5.93. The van der Waals surface area contributed by atoms with Crippen LogP contribution in [0, 0.1) is 0 Å². The van der Waals surface area contributed by atoms with Gasteiger partial charge in [-0.25, -0.2) is 0 Å². The second-order valence-corrected chi connectivity index (χ2v) is 7.75. The Hall–Kier alpha value is -3.26. The van der Waals surface area contributed by atoms with Crippen molar-refractivity contribution in [1.82, 2.24) is 19.8 Å². The lowest BCUT2D eigenvalue weighted by Crippen LogP contribution is -2.12. The third-order valence-electron chi connectivity index (χ3n) is 4.23. The average Bonchev–Trinajstić information content (AvgIpc) is 3.29. The van der Waals surface area contributed by atoms with Crippen molar-refractivity contribution in [2.75, 3.05) is 5.32 Å². The molecule has 1 amide bonds. The van der Waals surface area contributed by atoms with E-state index in [1.54, 1.807) is 16.6 Å². The molecule has 0 saturated carbocycles. The second-order valence-electron chi connectivity index (χ2n) is 6.80. The minimum atomic E-state index is -0.182. The molecule has 1 N–H and O–H groups in total. The van der Waals surface area contributed by atoms with Gasteiger partial charge in [-0.3, -0.25) is 4.79 Å². The van der Waals surface area contributed by atoms with Crippen LogP contribution in [0.2, 0.25) is 0 Å². The summed E-state index contributed by atoms with van der Waals surface area (Å²) in [6, 6.07) is 14.8. The molecule has 0 aliphatic carbocycles. The zero-order valence-corrected chi connectivity index (χ0v) is 17.2. The highest BCUT2D eigenvalue weighted by atomic mass is 32.1. The molecule has 0 fully saturated rings. The molecule has 2 heterocycles. The van der Waals surface area contributed by atoms with Crippen molar-refractivity contribution in [1.29, 1.82) is 0 Å². The lowest BCUT2D eigenvalue weighted by Gasteiger charge is -2.11. The molecule has 0 spiro atoms. The first-order valence-corrected chi connectivity index (χ1v) is 10.2. The minimum absolute atomic E-state index is 0.0544. The summed E-state index contributed by atoms with van der Waals surface area (Å²) in [5, 5.41) is 16.6. The van der Waals surface area contributed by atoms with Crippen molar-refractivity contribution >= 4 is 27.9 Å². The van der Waals surface area contributed by atoms with Gasteiger partial charge in [0.1, 0.15) is 10.8 Å². The fraction of sp³-hybridized carbons (Fsp3) is 0.238. The zero-order chi connectivity index (χ0) is 20.4. The number of carbonyl (C=O) groups is 1. The lowest BCUT2D eigenvalue weighted by molar-refractivity contribution is 0.102. The molecule has 148 valence electrons. The summed E-state index contributed by atoms with van der Waals surface area (Å²) >= 11 is 1.49. The topological polar surface area (TPSA) is 81.4 Å². The molecule has 0 aliphatic rings. The van der Waals surface area contributed by atoms with Crippen molar-refractivity contribution in [2.45, 2.75) is 33.3 Å². The Morgan fingerprint density at radius 2 is 1.97 bits per heavy atom. The molecule has 0 radical (unpaired) electrons. The third-order valence-corrected chi connectivity index (χ3v) is 5.18. The van der Waals surface area contributed by atoms with Crippen LogP contribution < -0.4 is 10.1 Å². The van der Waals surface area contributed by atoms with Gasteiger partial charge in [-0.15, -0.1) is 10.2 Å². The molecule has 2 aromatic heterocycles. The van der Waals surface area contributed by atoms with E-state index in [4.69, 9.17) is 4.74 Å². The van der Waals surface area contributed by atoms with Crippen molar-refractivity contribution < 1.29 is 9.53 Å². The summed E-state index contributed by atoms with van der Waals surface area (Å²) in [5.74, 6) is 1.34. The molecule has 0 aliphatic heterocycles. The van der Waals surface area contributed by atoms with Crippen LogP contribution in [-0.4, -0.2) is 31.8 Å². The quantitative estimate of drug-likeness (QED) is 0.510. The first-order chi connectivity index (χ1) is 14.0. The summed E-state index contributed by atoms with van der Waals surface area (Å²) in [5.41, 5.74) is 2.23. The Kier molecular flexibility index (Phi) is 5.26. The van der Waals surface area contributed by atoms with E-state index in [0.717, 1.165) is 27.8 Å². The number of fused-ring (bicyclic) bond motifs is 1. The van der Waals surface area contributed by atoms with Gasteiger partial charge in [0.2, 0.25) is 4.96 Å². The second kappa shape index (κ2) is 8.00. The van der Waals surface area contributed by atoms with Crippen LogP contribution >= 0.6 is 11.3 Å². The summed E-state index contributed by atoms with van der Waals surface area (Å²) in [7, 11) is 0. The molecule has 0 bridgehead atoms. The van der Waals surface area contributed by atoms with E-state index in [-0.39, 0.29) is 12.0 Å². The molecule has 0 saturated heterocycles. The highest BCUT2D eigenvalue weighted by molar-refractivity contribution is 7.19. The Morgan fingerprint density at radius 1 is 1.17 bits per heavy atom. The molecule has 8 heteroatoms. The van der Waals surface area contributed by atoms with E-state index >= 15 is 0 Å². The van der Waals surface area contributed by atoms with Crippen LogP contribution in [0.4, 0.5) is 5.69 Å².